The van der Waals surface area contributed by atoms with Gasteiger partial charge in [-0.15, -0.1) is 0 Å². The van der Waals surface area contributed by atoms with Crippen LogP contribution in [0, 0.1) is 0 Å². The van der Waals surface area contributed by atoms with Gasteiger partial charge >= 0.3 is 0 Å². The number of rotatable bonds is 9. The first kappa shape index (κ1) is 49.3. The molecule has 6 heteroatoms. The van der Waals surface area contributed by atoms with E-state index in [4.69, 9.17) is 9.47 Å². The van der Waals surface area contributed by atoms with Gasteiger partial charge in [0.15, 0.2) is 0 Å². The number of hydrogen-bond donors (Lipinski definition) is 0. The second-order valence-electron chi connectivity index (χ2n) is 31.7. The van der Waals surface area contributed by atoms with Crippen LogP contribution in [0.3, 0.4) is 0 Å². The number of nitrogens with zero attached hydrogens (tertiary/aromatic N) is 3. The summed E-state index contributed by atoms with van der Waals surface area (Å²) in [5.74, 6) is -2.34. The van der Waals surface area contributed by atoms with Gasteiger partial charge in [-0.2, -0.15) is 0 Å². The third-order valence-electron chi connectivity index (χ3n) is 21.8. The Balaban J connectivity index is 1.07. The fraction of sp³-hybridized carbons (Fsp3) is 0.126. The molecule has 4 aliphatic rings. The van der Waals surface area contributed by atoms with Crippen molar-refractivity contribution in [1.29, 1.82) is 0 Å². The first-order valence-electron chi connectivity index (χ1n) is 46.0. The number of para-hydroxylation sites is 2. The summed E-state index contributed by atoms with van der Waals surface area (Å²) in [6, 6.07) is 59.8. The van der Waals surface area contributed by atoms with Crippen molar-refractivity contribution in [3.05, 3.63) is 361 Å². The normalized spacial score (nSPS) is 16.2. The van der Waals surface area contributed by atoms with Crippen LogP contribution in [0.1, 0.15) is 126 Å². The average molecular weight is 1420 g/mol. The van der Waals surface area contributed by atoms with Crippen LogP contribution in [0.25, 0.3) is 94.3 Å². The van der Waals surface area contributed by atoms with Gasteiger partial charge in [-0.25, -0.2) is 0 Å². The predicted octanol–water partition coefficient (Wildman–Crippen LogP) is 26.2. The van der Waals surface area contributed by atoms with Gasteiger partial charge < -0.3 is 23.8 Å². The molecule has 0 saturated carbocycles. The summed E-state index contributed by atoms with van der Waals surface area (Å²) in [4.78, 5) is 4.05. The zero-order chi connectivity index (χ0) is 89.4. The molecule has 0 bridgehead atoms. The van der Waals surface area contributed by atoms with E-state index in [1.165, 1.54) is 0 Å². The third kappa shape index (κ3) is 10.7. The van der Waals surface area contributed by atoms with Crippen LogP contribution >= 0.6 is 0 Å². The molecule has 1 aromatic heterocycles. The maximum Gasteiger partial charge on any atom is 0.257 e. The van der Waals surface area contributed by atoms with Crippen LogP contribution in [-0.4, -0.2) is 11.3 Å². The molecule has 524 valence electrons. The first-order chi connectivity index (χ1) is 60.5. The summed E-state index contributed by atoms with van der Waals surface area (Å²) in [7, 11) is 0. The average Bonchev–Trinajstić information content (AvgIpc) is 1.60. The standard InChI is InChI=1S/C103H82BN3O2/c1-101(2,3)72-56-80(66-36-20-12-21-37-66)98(81(57-72)67-38-22-13-23-39-67)106-87-62-75(105-85-46-30-28-44-76(85)77-45-29-31-47-86(77)105)50-53-84(87)104-96-88(106)60-74(103(7,8)9)61-89(96)107(99-82(68-40-24-14-25-41-68)58-73(102(4,5)6)59-83(99)69-42-26-15-27-43-69)90-63-93-95-94(78-51-48-70(54-91(78)108-93)64-32-16-10-17-33-64)79-52-49-71(65-34-18-11-19-35-65)55-92(79)109-100(95)97(90)104/h10-63,94H,1-9H3/i28D,29D,30D,31D,44D,45D,46D,47D,48D,49D,50D,51D,52D,53D,54D,55D,62D,63D. The number of ether oxygens (including phenoxy) is 2. The number of benzene rings is 15. The summed E-state index contributed by atoms with van der Waals surface area (Å²) < 4.78 is 203. The fourth-order valence-electron chi connectivity index (χ4n) is 16.4. The molecule has 0 fully saturated rings. The van der Waals surface area contributed by atoms with Crippen LogP contribution in [-0.2, 0) is 16.2 Å². The summed E-state index contributed by atoms with van der Waals surface area (Å²) in [5, 5.41) is -0.644. The molecule has 1 atom stereocenters. The SMILES string of the molecule is [2H]c1c([2H])c(-n2c3c([2H])c([2H])c([2H])c([2H])c3c3c([2H])c([2H])c([2H])c([2H])c32)c([2H])c2c1B1c3c(cc(C(C)(C)C)cc3N(c3c(-c4ccccc4)cc(C(C)(C)C)cc3-c3ccccc3)c3c([2H])c4c5c(c31)Oc1c([2H])c(-c3ccccc3)c([2H])c([2H])c1C5c1c([2H])c([2H])c(-c3ccccc3)c([2H])c1O4)N2c1c(-c2ccccc2)cc(C(C)(C)C)cc1-c1ccccc1. The maximum absolute atomic E-state index is 12.0. The summed E-state index contributed by atoms with van der Waals surface area (Å²) in [6.45, 7) is 17.5. The zero-order valence-corrected chi connectivity index (χ0v) is 61.6. The second kappa shape index (κ2) is 25.0. The van der Waals surface area contributed by atoms with E-state index >= 15 is 0 Å². The highest BCUT2D eigenvalue weighted by atomic mass is 16.5. The maximum atomic E-state index is 12.0. The Kier molecular flexibility index (Phi) is 11.3. The largest absolute Gasteiger partial charge is 0.457 e. The van der Waals surface area contributed by atoms with Crippen LogP contribution in [0.2, 0.25) is 0 Å². The Labute approximate surface area is 665 Å². The van der Waals surface area contributed by atoms with Gasteiger partial charge in [0.2, 0.25) is 0 Å². The van der Waals surface area contributed by atoms with Crippen LogP contribution in [0.4, 0.5) is 34.1 Å². The van der Waals surface area contributed by atoms with Gasteiger partial charge in [0, 0.05) is 90.1 Å². The minimum absolute atomic E-state index is 0.0140. The molecule has 5 heterocycles. The van der Waals surface area contributed by atoms with Crippen molar-refractivity contribution < 1.29 is 34.1 Å². The van der Waals surface area contributed by atoms with Crippen molar-refractivity contribution in [2.24, 2.45) is 0 Å². The van der Waals surface area contributed by atoms with Gasteiger partial charge in [0.05, 0.1) is 47.1 Å². The van der Waals surface area contributed by atoms with Gasteiger partial charge in [-0.3, -0.25) is 0 Å². The minimum Gasteiger partial charge on any atom is -0.457 e. The van der Waals surface area contributed by atoms with Gasteiger partial charge in [0.1, 0.15) is 23.0 Å². The van der Waals surface area contributed by atoms with Gasteiger partial charge in [-0.05, 0) is 166 Å². The molecule has 0 saturated heterocycles. The summed E-state index contributed by atoms with van der Waals surface area (Å²) >= 11 is 0. The minimum atomic E-state index is -1.56. The Morgan fingerprint density at radius 1 is 0.339 bits per heavy atom. The lowest BCUT2D eigenvalue weighted by Crippen LogP contribution is -2.62. The van der Waals surface area contributed by atoms with Gasteiger partial charge in [0.25, 0.3) is 6.71 Å². The Bertz CT molecular complexity index is 7260. The lowest BCUT2D eigenvalue weighted by molar-refractivity contribution is 0.412. The van der Waals surface area contributed by atoms with Crippen molar-refractivity contribution in [2.75, 3.05) is 9.80 Å². The monoisotopic (exact) mass is 1420 g/mol. The van der Waals surface area contributed by atoms with Crippen molar-refractivity contribution >= 4 is 79.0 Å². The second-order valence-corrected chi connectivity index (χ2v) is 31.7. The molecule has 20 rings (SSSR count). The quantitative estimate of drug-likeness (QED) is 0.135. The van der Waals surface area contributed by atoms with Crippen LogP contribution in [0.15, 0.2) is 327 Å². The van der Waals surface area contributed by atoms with Crippen LogP contribution in [0.5, 0.6) is 23.0 Å². The van der Waals surface area contributed by atoms with E-state index in [-0.39, 0.29) is 114 Å². The topological polar surface area (TPSA) is 29.9 Å². The molecule has 1 unspecified atom stereocenters. The molecular weight excluding hydrogens is 1320 g/mol. The van der Waals surface area contributed by atoms with Gasteiger partial charge in [-0.1, -0.05) is 311 Å². The molecule has 0 N–H and O–H groups in total. The Morgan fingerprint density at radius 2 is 0.725 bits per heavy atom. The van der Waals surface area contributed by atoms with E-state index in [2.05, 4.69) is 104 Å². The predicted molar refractivity (Wildman–Crippen MR) is 457 cm³/mol. The summed E-state index contributed by atoms with van der Waals surface area (Å²) in [6.07, 6.45) is 0. The molecular formula is C103H82BN3O2. The molecule has 0 aliphatic carbocycles. The molecule has 0 amide bonds. The molecule has 0 spiro atoms. The molecule has 16 aromatic rings. The number of hydrogen-bond acceptors (Lipinski definition) is 4. The van der Waals surface area contributed by atoms with Crippen LogP contribution < -0.4 is 35.7 Å². The lowest BCUT2D eigenvalue weighted by Gasteiger charge is -2.48. The highest BCUT2D eigenvalue weighted by Gasteiger charge is 2.51. The van der Waals surface area contributed by atoms with Crippen molar-refractivity contribution in [3.63, 3.8) is 0 Å². The van der Waals surface area contributed by atoms with Crippen molar-refractivity contribution in [3.8, 4) is 95.4 Å². The van der Waals surface area contributed by atoms with E-state index in [1.807, 2.05) is 126 Å². The smallest absolute Gasteiger partial charge is 0.257 e. The summed E-state index contributed by atoms with van der Waals surface area (Å²) in [5.41, 5.74) is 7.91. The first-order valence-corrected chi connectivity index (χ1v) is 37.0. The van der Waals surface area contributed by atoms with E-state index in [0.29, 0.717) is 67.2 Å². The van der Waals surface area contributed by atoms with E-state index in [1.54, 1.807) is 60.7 Å². The highest BCUT2D eigenvalue weighted by Crippen LogP contribution is 2.62. The third-order valence-corrected chi connectivity index (χ3v) is 21.8. The number of fused-ring (bicyclic) bond motifs is 12. The zero-order valence-electron chi connectivity index (χ0n) is 79.6. The number of aromatic nitrogens is 1. The van der Waals surface area contributed by atoms with Crippen molar-refractivity contribution in [1.82, 2.24) is 4.57 Å². The fourth-order valence-corrected chi connectivity index (χ4v) is 16.4. The Hall–Kier alpha value is -12.6. The van der Waals surface area contributed by atoms with Crippen molar-refractivity contribution in [2.45, 2.75) is 84.5 Å². The molecule has 0 radical (unpaired) electrons. The van der Waals surface area contributed by atoms with E-state index < -0.39 is 124 Å². The van der Waals surface area contributed by atoms with E-state index in [0.717, 1.165) is 37.9 Å². The molecule has 5 nitrogen and oxygen atoms in total. The Morgan fingerprint density at radius 3 is 1.15 bits per heavy atom. The number of anilines is 6. The highest BCUT2D eigenvalue weighted by molar-refractivity contribution is 7.01. The molecule has 4 aliphatic heterocycles. The molecule has 15 aromatic carbocycles. The molecule has 109 heavy (non-hydrogen) atoms. The lowest BCUT2D eigenvalue weighted by atomic mass is 9.33. The van der Waals surface area contributed by atoms with E-state index in [9.17, 15) is 24.7 Å².